The highest BCUT2D eigenvalue weighted by Gasteiger charge is 2.13. The number of carboxylic acids is 1. The number of benzene rings is 2. The number of carboxylic acid groups (broad SMARTS) is 1. The summed E-state index contributed by atoms with van der Waals surface area (Å²) in [6.45, 7) is 5.51. The lowest BCUT2D eigenvalue weighted by molar-refractivity contribution is -0.148. The largest absolute Gasteiger partial charge is 0.478 e. The summed E-state index contributed by atoms with van der Waals surface area (Å²) in [6, 6.07) is 19.6. The lowest BCUT2D eigenvalue weighted by Gasteiger charge is -2.17. The molecule has 0 spiro atoms. The normalized spacial score (nSPS) is 11.8. The first-order chi connectivity index (χ1) is 14.7. The van der Waals surface area contributed by atoms with E-state index in [2.05, 4.69) is 4.57 Å². The molecule has 5 nitrogen and oxygen atoms in total. The van der Waals surface area contributed by atoms with Crippen LogP contribution in [0.15, 0.2) is 79.0 Å². The molecule has 0 amide bonds. The number of rotatable bonds is 6. The zero-order valence-electron chi connectivity index (χ0n) is 17.8. The van der Waals surface area contributed by atoms with Crippen molar-refractivity contribution in [3.8, 4) is 16.9 Å². The number of hydrogen-bond donors (Lipinski definition) is 1. The van der Waals surface area contributed by atoms with Crippen LogP contribution in [0, 0.1) is 0 Å². The van der Waals surface area contributed by atoms with Crippen molar-refractivity contribution in [2.45, 2.75) is 26.4 Å². The smallest absolute Gasteiger partial charge is 0.331 e. The van der Waals surface area contributed by atoms with E-state index in [0.29, 0.717) is 0 Å². The van der Waals surface area contributed by atoms with Gasteiger partial charge in [0, 0.05) is 24.0 Å². The van der Waals surface area contributed by atoms with Gasteiger partial charge in [-0.1, -0.05) is 36.4 Å². The van der Waals surface area contributed by atoms with E-state index in [-0.39, 0.29) is 5.97 Å². The molecule has 0 aliphatic rings. The van der Waals surface area contributed by atoms with Crippen molar-refractivity contribution in [1.82, 2.24) is 4.57 Å². The van der Waals surface area contributed by atoms with E-state index in [4.69, 9.17) is 9.84 Å². The van der Waals surface area contributed by atoms with Gasteiger partial charge in [0.05, 0.1) is 5.69 Å². The maximum absolute atomic E-state index is 11.8. The van der Waals surface area contributed by atoms with E-state index in [0.717, 1.165) is 34.1 Å². The van der Waals surface area contributed by atoms with Crippen LogP contribution in [0.2, 0.25) is 0 Å². The lowest BCUT2D eigenvalue weighted by atomic mass is 10.1. The zero-order chi connectivity index (χ0) is 22.4. The van der Waals surface area contributed by atoms with Gasteiger partial charge in [-0.3, -0.25) is 0 Å². The van der Waals surface area contributed by atoms with Gasteiger partial charge in [-0.2, -0.15) is 0 Å². The molecule has 2 aromatic carbocycles. The molecule has 0 bridgehead atoms. The maximum Gasteiger partial charge on any atom is 0.331 e. The van der Waals surface area contributed by atoms with Gasteiger partial charge in [-0.05, 0) is 73.9 Å². The Morgan fingerprint density at radius 2 is 1.45 bits per heavy atom. The van der Waals surface area contributed by atoms with Crippen LogP contribution in [0.4, 0.5) is 0 Å². The van der Waals surface area contributed by atoms with Crippen LogP contribution in [0.3, 0.4) is 0 Å². The molecule has 0 radical (unpaired) electrons. The van der Waals surface area contributed by atoms with Crippen LogP contribution in [-0.2, 0) is 14.3 Å². The molecule has 158 valence electrons. The summed E-state index contributed by atoms with van der Waals surface area (Å²) in [4.78, 5) is 22.5. The summed E-state index contributed by atoms with van der Waals surface area (Å²) >= 11 is 0. The SMILES string of the molecule is CC(C)(C)OC(=O)/C=C/c1ccc(-n2cccc2-c2ccc(/C=C/C(=O)O)cc2)cc1. The number of aromatic nitrogens is 1. The van der Waals surface area contributed by atoms with Gasteiger partial charge in [0.15, 0.2) is 0 Å². The fourth-order valence-corrected chi connectivity index (χ4v) is 3.02. The highest BCUT2D eigenvalue weighted by molar-refractivity contribution is 5.87. The van der Waals surface area contributed by atoms with Crippen molar-refractivity contribution in [2.24, 2.45) is 0 Å². The molecule has 3 rings (SSSR count). The third-order valence-corrected chi connectivity index (χ3v) is 4.36. The van der Waals surface area contributed by atoms with E-state index in [9.17, 15) is 9.59 Å². The fraction of sp³-hybridized carbons (Fsp3) is 0.154. The van der Waals surface area contributed by atoms with Gasteiger partial charge < -0.3 is 14.4 Å². The molecule has 5 heteroatoms. The van der Waals surface area contributed by atoms with Gasteiger partial charge >= 0.3 is 11.9 Å². The molecular formula is C26H25NO4. The third-order valence-electron chi connectivity index (χ3n) is 4.36. The molecule has 0 saturated carbocycles. The molecular weight excluding hydrogens is 390 g/mol. The average Bonchev–Trinajstić information content (AvgIpc) is 3.20. The Labute approximate surface area is 181 Å². The molecule has 1 heterocycles. The lowest BCUT2D eigenvalue weighted by Crippen LogP contribution is -2.22. The predicted octanol–water partition coefficient (Wildman–Crippen LogP) is 5.60. The second kappa shape index (κ2) is 9.30. The third kappa shape index (κ3) is 6.31. The van der Waals surface area contributed by atoms with Gasteiger partial charge in [0.2, 0.25) is 0 Å². The number of carbonyl (C=O) groups is 2. The van der Waals surface area contributed by atoms with Gasteiger partial charge in [0.1, 0.15) is 5.60 Å². The topological polar surface area (TPSA) is 68.5 Å². The van der Waals surface area contributed by atoms with Crippen LogP contribution in [-0.4, -0.2) is 27.2 Å². The average molecular weight is 415 g/mol. The summed E-state index contributed by atoms with van der Waals surface area (Å²) in [5, 5.41) is 8.75. The van der Waals surface area contributed by atoms with Gasteiger partial charge in [0.25, 0.3) is 0 Å². The van der Waals surface area contributed by atoms with Crippen molar-refractivity contribution < 1.29 is 19.4 Å². The number of esters is 1. The Morgan fingerprint density at radius 3 is 2.03 bits per heavy atom. The van der Waals surface area contributed by atoms with Crippen LogP contribution < -0.4 is 0 Å². The number of hydrogen-bond acceptors (Lipinski definition) is 3. The molecule has 1 N–H and O–H groups in total. The molecule has 31 heavy (non-hydrogen) atoms. The quantitative estimate of drug-likeness (QED) is 0.420. The molecule has 0 atom stereocenters. The van der Waals surface area contributed by atoms with E-state index in [1.807, 2.05) is 87.6 Å². The molecule has 0 aliphatic heterocycles. The molecule has 0 saturated heterocycles. The van der Waals surface area contributed by atoms with E-state index in [1.54, 1.807) is 12.2 Å². The maximum atomic E-state index is 11.8. The summed E-state index contributed by atoms with van der Waals surface area (Å²) in [5.74, 6) is -1.34. The molecule has 0 fully saturated rings. The van der Waals surface area contributed by atoms with Crippen molar-refractivity contribution in [3.63, 3.8) is 0 Å². The second-order valence-electron chi connectivity index (χ2n) is 8.02. The van der Waals surface area contributed by atoms with Crippen molar-refractivity contribution in [1.29, 1.82) is 0 Å². The number of carbonyl (C=O) groups excluding carboxylic acids is 1. The summed E-state index contributed by atoms with van der Waals surface area (Å²) in [7, 11) is 0. The van der Waals surface area contributed by atoms with Crippen molar-refractivity contribution in [2.75, 3.05) is 0 Å². The standard InChI is InChI=1S/C26H25NO4/c1-26(2,3)31-25(30)17-11-20-8-14-22(15-9-20)27-18-4-5-23(27)21-12-6-19(7-13-21)10-16-24(28)29/h4-18H,1-3H3,(H,28,29)/b16-10+,17-11+. The van der Waals surface area contributed by atoms with Gasteiger partial charge in [-0.25, -0.2) is 9.59 Å². The molecule has 1 aromatic heterocycles. The van der Waals surface area contributed by atoms with Crippen molar-refractivity contribution in [3.05, 3.63) is 90.1 Å². The number of aliphatic carboxylic acids is 1. The first-order valence-corrected chi connectivity index (χ1v) is 9.91. The second-order valence-corrected chi connectivity index (χ2v) is 8.02. The Kier molecular flexibility index (Phi) is 6.55. The first kappa shape index (κ1) is 21.8. The highest BCUT2D eigenvalue weighted by atomic mass is 16.6. The highest BCUT2D eigenvalue weighted by Crippen LogP contribution is 2.25. The van der Waals surface area contributed by atoms with Crippen LogP contribution in [0.25, 0.3) is 29.1 Å². The number of nitrogens with zero attached hydrogens (tertiary/aromatic N) is 1. The van der Waals surface area contributed by atoms with E-state index < -0.39 is 11.6 Å². The van der Waals surface area contributed by atoms with Crippen LogP contribution in [0.1, 0.15) is 31.9 Å². The zero-order valence-corrected chi connectivity index (χ0v) is 17.8. The summed E-state index contributed by atoms with van der Waals surface area (Å²) < 4.78 is 7.35. The number of ether oxygens (including phenoxy) is 1. The Hall–Kier alpha value is -3.86. The van der Waals surface area contributed by atoms with Gasteiger partial charge in [-0.15, -0.1) is 0 Å². The molecule has 0 unspecified atom stereocenters. The van der Waals surface area contributed by atoms with E-state index >= 15 is 0 Å². The minimum Gasteiger partial charge on any atom is -0.478 e. The van der Waals surface area contributed by atoms with Crippen molar-refractivity contribution >= 4 is 24.1 Å². The first-order valence-electron chi connectivity index (χ1n) is 9.91. The molecule has 0 aliphatic carbocycles. The minimum atomic E-state index is -0.970. The minimum absolute atomic E-state index is 0.370. The molecule has 3 aromatic rings. The summed E-state index contributed by atoms with van der Waals surface area (Å²) in [5.41, 5.74) is 4.24. The van der Waals surface area contributed by atoms with Crippen LogP contribution in [0.5, 0.6) is 0 Å². The van der Waals surface area contributed by atoms with E-state index in [1.165, 1.54) is 6.08 Å². The Bertz CT molecular complexity index is 1110. The monoisotopic (exact) mass is 415 g/mol. The Morgan fingerprint density at radius 1 is 0.871 bits per heavy atom. The predicted molar refractivity (Wildman–Crippen MR) is 123 cm³/mol. The summed E-state index contributed by atoms with van der Waals surface area (Å²) in [6.07, 6.45) is 7.84. The fourth-order valence-electron chi connectivity index (χ4n) is 3.02. The Balaban J connectivity index is 1.76. The van der Waals surface area contributed by atoms with Crippen LogP contribution >= 0.6 is 0 Å².